The lowest BCUT2D eigenvalue weighted by atomic mass is 10.2. The average Bonchev–Trinajstić information content (AvgIpc) is 2.32. The first kappa shape index (κ1) is 12.9. The number of rotatable bonds is 2. The number of carbonyl (C=O) groups is 1. The van der Waals surface area contributed by atoms with Crippen molar-refractivity contribution in [2.75, 3.05) is 5.32 Å². The fourth-order valence-corrected chi connectivity index (χ4v) is 1.78. The summed E-state index contributed by atoms with van der Waals surface area (Å²) in [4.78, 5) is 11.9. The van der Waals surface area contributed by atoms with Crippen LogP contribution in [-0.2, 0) is 0 Å². The molecule has 2 aromatic carbocycles. The Morgan fingerprint density at radius 1 is 1.06 bits per heavy atom. The third-order valence-electron chi connectivity index (χ3n) is 2.28. The Morgan fingerprint density at radius 3 is 2.33 bits per heavy atom. The minimum atomic E-state index is -0.483. The summed E-state index contributed by atoms with van der Waals surface area (Å²) in [5.74, 6) is -0.884. The fourth-order valence-electron chi connectivity index (χ4n) is 1.41. The summed E-state index contributed by atoms with van der Waals surface area (Å²) in [5, 5.41) is 3.29. The Kier molecular flexibility index (Phi) is 3.84. The third-order valence-corrected chi connectivity index (χ3v) is 2.84. The summed E-state index contributed by atoms with van der Waals surface area (Å²) in [5.41, 5.74) is 0.804. The monoisotopic (exact) mass is 283 g/mol. The Morgan fingerprint density at radius 2 is 1.72 bits per heavy atom. The van der Waals surface area contributed by atoms with Crippen LogP contribution in [0.5, 0.6) is 0 Å². The van der Waals surface area contributed by atoms with E-state index in [1.54, 1.807) is 24.3 Å². The van der Waals surface area contributed by atoms with Crippen molar-refractivity contribution in [3.63, 3.8) is 0 Å². The van der Waals surface area contributed by atoms with E-state index < -0.39 is 11.7 Å². The average molecular weight is 284 g/mol. The van der Waals surface area contributed by atoms with E-state index in [2.05, 4.69) is 5.32 Å². The number of hydrogen-bond donors (Lipinski definition) is 1. The second kappa shape index (κ2) is 5.38. The highest BCUT2D eigenvalue weighted by Gasteiger charge is 2.11. The van der Waals surface area contributed by atoms with Gasteiger partial charge in [-0.15, -0.1) is 0 Å². The van der Waals surface area contributed by atoms with Gasteiger partial charge in [-0.05, 0) is 42.5 Å². The Labute approximate surface area is 113 Å². The molecule has 0 aliphatic carbocycles. The third kappa shape index (κ3) is 3.00. The van der Waals surface area contributed by atoms with E-state index in [1.807, 2.05) is 0 Å². The molecule has 1 N–H and O–H groups in total. The number of nitrogens with one attached hydrogen (secondary N) is 1. The van der Waals surface area contributed by atoms with E-state index in [4.69, 9.17) is 23.2 Å². The van der Waals surface area contributed by atoms with Crippen LogP contribution in [-0.4, -0.2) is 5.91 Å². The van der Waals surface area contributed by atoms with E-state index in [-0.39, 0.29) is 10.6 Å². The molecule has 0 saturated carbocycles. The highest BCUT2D eigenvalue weighted by atomic mass is 35.5. The maximum absolute atomic E-state index is 12.9. The number of halogens is 3. The van der Waals surface area contributed by atoms with Gasteiger partial charge in [-0.25, -0.2) is 4.39 Å². The summed E-state index contributed by atoms with van der Waals surface area (Å²) in [7, 11) is 0. The smallest absolute Gasteiger partial charge is 0.257 e. The minimum absolute atomic E-state index is 0.0708. The number of anilines is 1. The van der Waals surface area contributed by atoms with Gasteiger partial charge < -0.3 is 5.32 Å². The van der Waals surface area contributed by atoms with E-state index >= 15 is 0 Å². The van der Waals surface area contributed by atoms with Crippen molar-refractivity contribution in [2.24, 2.45) is 0 Å². The molecule has 0 bridgehead atoms. The summed E-state index contributed by atoms with van der Waals surface area (Å²) in [6.45, 7) is 0. The summed E-state index contributed by atoms with van der Waals surface area (Å²) >= 11 is 11.5. The van der Waals surface area contributed by atoms with Crippen molar-refractivity contribution in [3.05, 3.63) is 63.9 Å². The van der Waals surface area contributed by atoms with Gasteiger partial charge >= 0.3 is 0 Å². The van der Waals surface area contributed by atoms with Crippen molar-refractivity contribution >= 4 is 34.8 Å². The molecule has 0 heterocycles. The van der Waals surface area contributed by atoms with E-state index in [1.165, 1.54) is 12.1 Å². The van der Waals surface area contributed by atoms with Gasteiger partial charge in [0, 0.05) is 10.7 Å². The standard InChI is InChI=1S/C13H8Cl2FNO/c14-8-1-4-10(5-2-8)17-13(18)11-6-3-9(16)7-12(11)15/h1-7H,(H,17,18). The van der Waals surface area contributed by atoms with Gasteiger partial charge in [0.2, 0.25) is 0 Å². The zero-order valence-corrected chi connectivity index (χ0v) is 10.6. The van der Waals surface area contributed by atoms with Crippen LogP contribution in [0.25, 0.3) is 0 Å². The molecule has 1 amide bonds. The molecule has 92 valence electrons. The lowest BCUT2D eigenvalue weighted by Crippen LogP contribution is -2.12. The SMILES string of the molecule is O=C(Nc1ccc(Cl)cc1)c1ccc(F)cc1Cl. The molecule has 0 radical (unpaired) electrons. The molecule has 2 rings (SSSR count). The van der Waals surface area contributed by atoms with Crippen LogP contribution in [0.15, 0.2) is 42.5 Å². The van der Waals surface area contributed by atoms with Crippen LogP contribution in [0.3, 0.4) is 0 Å². The first-order valence-electron chi connectivity index (χ1n) is 5.08. The number of benzene rings is 2. The van der Waals surface area contributed by atoms with Crippen LogP contribution >= 0.6 is 23.2 Å². The van der Waals surface area contributed by atoms with Gasteiger partial charge in [0.25, 0.3) is 5.91 Å². The van der Waals surface area contributed by atoms with Crippen LogP contribution in [0, 0.1) is 5.82 Å². The number of amides is 1. The van der Waals surface area contributed by atoms with Crippen LogP contribution in [0.2, 0.25) is 10.0 Å². The van der Waals surface area contributed by atoms with Gasteiger partial charge in [0.05, 0.1) is 10.6 Å². The molecule has 0 aliphatic rings. The second-order valence-electron chi connectivity index (χ2n) is 3.59. The highest BCUT2D eigenvalue weighted by molar-refractivity contribution is 6.34. The minimum Gasteiger partial charge on any atom is -0.322 e. The number of hydrogen-bond acceptors (Lipinski definition) is 1. The van der Waals surface area contributed by atoms with Crippen LogP contribution in [0.4, 0.5) is 10.1 Å². The van der Waals surface area contributed by atoms with Crippen molar-refractivity contribution in [3.8, 4) is 0 Å². The molecule has 0 fully saturated rings. The summed E-state index contributed by atoms with van der Waals surface area (Å²) < 4.78 is 12.9. The fraction of sp³-hybridized carbons (Fsp3) is 0. The topological polar surface area (TPSA) is 29.1 Å². The van der Waals surface area contributed by atoms with Crippen molar-refractivity contribution < 1.29 is 9.18 Å². The van der Waals surface area contributed by atoms with Crippen LogP contribution in [0.1, 0.15) is 10.4 Å². The molecular formula is C13H8Cl2FNO. The van der Waals surface area contributed by atoms with E-state index in [9.17, 15) is 9.18 Å². The lowest BCUT2D eigenvalue weighted by Gasteiger charge is -2.06. The molecule has 18 heavy (non-hydrogen) atoms. The molecule has 0 aromatic heterocycles. The normalized spacial score (nSPS) is 10.2. The van der Waals surface area contributed by atoms with Crippen molar-refractivity contribution in [1.29, 1.82) is 0 Å². The predicted molar refractivity (Wildman–Crippen MR) is 70.8 cm³/mol. The van der Waals surface area contributed by atoms with Crippen molar-refractivity contribution in [2.45, 2.75) is 0 Å². The molecule has 0 aliphatic heterocycles. The lowest BCUT2D eigenvalue weighted by molar-refractivity contribution is 0.102. The van der Waals surface area contributed by atoms with Crippen LogP contribution < -0.4 is 5.32 Å². The zero-order valence-electron chi connectivity index (χ0n) is 9.08. The van der Waals surface area contributed by atoms with Gasteiger partial charge in [-0.1, -0.05) is 23.2 Å². The van der Waals surface area contributed by atoms with E-state index in [0.717, 1.165) is 6.07 Å². The summed E-state index contributed by atoms with van der Waals surface area (Å²) in [6.07, 6.45) is 0. The Balaban J connectivity index is 2.19. The quantitative estimate of drug-likeness (QED) is 0.870. The molecule has 2 nitrogen and oxygen atoms in total. The molecule has 2 aromatic rings. The predicted octanol–water partition coefficient (Wildman–Crippen LogP) is 4.38. The molecular weight excluding hydrogens is 276 g/mol. The maximum Gasteiger partial charge on any atom is 0.257 e. The highest BCUT2D eigenvalue weighted by Crippen LogP contribution is 2.19. The molecule has 0 saturated heterocycles. The maximum atomic E-state index is 12.9. The Hall–Kier alpha value is -1.58. The van der Waals surface area contributed by atoms with Gasteiger partial charge in [-0.2, -0.15) is 0 Å². The van der Waals surface area contributed by atoms with Gasteiger partial charge in [0.15, 0.2) is 0 Å². The second-order valence-corrected chi connectivity index (χ2v) is 4.43. The van der Waals surface area contributed by atoms with Gasteiger partial charge in [0.1, 0.15) is 5.82 Å². The molecule has 0 spiro atoms. The zero-order chi connectivity index (χ0) is 13.1. The largest absolute Gasteiger partial charge is 0.322 e. The number of carbonyl (C=O) groups excluding carboxylic acids is 1. The summed E-state index contributed by atoms with van der Waals surface area (Å²) in [6, 6.07) is 10.3. The first-order chi connectivity index (χ1) is 8.56. The molecule has 5 heteroatoms. The van der Waals surface area contributed by atoms with E-state index in [0.29, 0.717) is 10.7 Å². The van der Waals surface area contributed by atoms with Crippen molar-refractivity contribution in [1.82, 2.24) is 0 Å². The first-order valence-corrected chi connectivity index (χ1v) is 5.84. The Bertz CT molecular complexity index is 584. The molecule has 0 unspecified atom stereocenters. The van der Waals surface area contributed by atoms with Gasteiger partial charge in [-0.3, -0.25) is 4.79 Å². The molecule has 0 atom stereocenters.